The van der Waals surface area contributed by atoms with Crippen LogP contribution in [0.2, 0.25) is 0 Å². The highest BCUT2D eigenvalue weighted by molar-refractivity contribution is 7.16. The van der Waals surface area contributed by atoms with E-state index in [2.05, 4.69) is 15.3 Å². The molecule has 4 aromatic rings. The standard InChI is InChI=1S/C22H18FN3O3S2/c1-13-20(14-3-6-16(23)7-4-14)25-22(31-13)26-21(27)15-5-8-18(19(9-15)28-2)29-10-17-11-30-12-24-17/h3-9,11-12H,10H2,1-2H3,(H,25,26,27). The third kappa shape index (κ3) is 4.89. The van der Waals surface area contributed by atoms with E-state index in [1.54, 1.807) is 35.8 Å². The van der Waals surface area contributed by atoms with Crippen molar-refractivity contribution in [1.82, 2.24) is 9.97 Å². The zero-order valence-electron chi connectivity index (χ0n) is 16.7. The zero-order chi connectivity index (χ0) is 21.8. The van der Waals surface area contributed by atoms with Gasteiger partial charge >= 0.3 is 0 Å². The molecule has 0 unspecified atom stereocenters. The van der Waals surface area contributed by atoms with E-state index in [9.17, 15) is 9.18 Å². The van der Waals surface area contributed by atoms with Crippen molar-refractivity contribution in [2.45, 2.75) is 13.5 Å². The smallest absolute Gasteiger partial charge is 0.257 e. The Balaban J connectivity index is 1.48. The van der Waals surface area contributed by atoms with Gasteiger partial charge in [-0.15, -0.1) is 22.7 Å². The Labute approximate surface area is 186 Å². The second-order valence-corrected chi connectivity index (χ2v) is 8.44. The summed E-state index contributed by atoms with van der Waals surface area (Å²) in [7, 11) is 1.52. The molecule has 0 aliphatic carbocycles. The number of halogens is 1. The molecule has 6 nitrogen and oxygen atoms in total. The van der Waals surface area contributed by atoms with E-state index in [0.717, 1.165) is 16.1 Å². The highest BCUT2D eigenvalue weighted by Gasteiger charge is 2.15. The molecule has 0 aliphatic heterocycles. The third-order valence-electron chi connectivity index (χ3n) is 4.42. The Hall–Kier alpha value is -3.30. The second-order valence-electron chi connectivity index (χ2n) is 6.52. The number of methoxy groups -OCH3 is 1. The molecule has 0 spiro atoms. The van der Waals surface area contributed by atoms with Gasteiger partial charge in [-0.3, -0.25) is 10.1 Å². The molecule has 1 amide bonds. The van der Waals surface area contributed by atoms with Crippen molar-refractivity contribution >= 4 is 33.7 Å². The van der Waals surface area contributed by atoms with Crippen LogP contribution in [0.25, 0.3) is 11.3 Å². The fourth-order valence-electron chi connectivity index (χ4n) is 2.88. The number of aromatic nitrogens is 2. The van der Waals surface area contributed by atoms with Crippen molar-refractivity contribution in [3.05, 3.63) is 75.3 Å². The number of nitrogens with one attached hydrogen (secondary N) is 1. The van der Waals surface area contributed by atoms with Gasteiger partial charge in [-0.25, -0.2) is 14.4 Å². The molecule has 0 radical (unpaired) electrons. The number of anilines is 1. The predicted molar refractivity (Wildman–Crippen MR) is 120 cm³/mol. The number of hydrogen-bond donors (Lipinski definition) is 1. The average Bonchev–Trinajstić information content (AvgIpc) is 3.42. The van der Waals surface area contributed by atoms with Gasteiger partial charge in [0, 0.05) is 21.4 Å². The maximum Gasteiger partial charge on any atom is 0.257 e. The van der Waals surface area contributed by atoms with Crippen LogP contribution in [-0.2, 0) is 6.61 Å². The molecule has 31 heavy (non-hydrogen) atoms. The van der Waals surface area contributed by atoms with Crippen LogP contribution in [0.4, 0.5) is 9.52 Å². The Bertz CT molecular complexity index is 1190. The van der Waals surface area contributed by atoms with Crippen molar-refractivity contribution in [3.63, 3.8) is 0 Å². The Kier molecular flexibility index (Phi) is 6.24. The average molecular weight is 456 g/mol. The first kappa shape index (κ1) is 21.0. The lowest BCUT2D eigenvalue weighted by molar-refractivity contribution is 0.102. The van der Waals surface area contributed by atoms with Gasteiger partial charge in [0.25, 0.3) is 5.91 Å². The maximum absolute atomic E-state index is 13.2. The van der Waals surface area contributed by atoms with Gasteiger partial charge in [0.1, 0.15) is 12.4 Å². The van der Waals surface area contributed by atoms with Crippen LogP contribution in [0.5, 0.6) is 11.5 Å². The van der Waals surface area contributed by atoms with E-state index in [-0.39, 0.29) is 11.7 Å². The van der Waals surface area contributed by atoms with Crippen LogP contribution in [0.15, 0.2) is 53.4 Å². The predicted octanol–water partition coefficient (Wildman–Crippen LogP) is 5.55. The van der Waals surface area contributed by atoms with Crippen LogP contribution in [0.1, 0.15) is 20.9 Å². The highest BCUT2D eigenvalue weighted by atomic mass is 32.1. The fourth-order valence-corrected chi connectivity index (χ4v) is 4.26. The summed E-state index contributed by atoms with van der Waals surface area (Å²) in [5.74, 6) is 0.350. The lowest BCUT2D eigenvalue weighted by Crippen LogP contribution is -2.12. The van der Waals surface area contributed by atoms with Gasteiger partial charge in [-0.1, -0.05) is 0 Å². The minimum Gasteiger partial charge on any atom is -0.493 e. The summed E-state index contributed by atoms with van der Waals surface area (Å²) in [6.07, 6.45) is 0. The van der Waals surface area contributed by atoms with Crippen molar-refractivity contribution < 1.29 is 18.7 Å². The lowest BCUT2D eigenvalue weighted by Gasteiger charge is -2.11. The van der Waals surface area contributed by atoms with E-state index >= 15 is 0 Å². The summed E-state index contributed by atoms with van der Waals surface area (Å²) in [6.45, 7) is 2.22. The van der Waals surface area contributed by atoms with Crippen LogP contribution in [-0.4, -0.2) is 23.0 Å². The van der Waals surface area contributed by atoms with Gasteiger partial charge in [-0.05, 0) is 49.4 Å². The Morgan fingerprint density at radius 2 is 1.97 bits per heavy atom. The molecule has 1 N–H and O–H groups in total. The van der Waals surface area contributed by atoms with Crippen LogP contribution in [0.3, 0.4) is 0 Å². The number of rotatable bonds is 7. The fraction of sp³-hybridized carbons (Fsp3) is 0.136. The minimum absolute atomic E-state index is 0.307. The van der Waals surface area contributed by atoms with E-state index in [0.29, 0.717) is 34.5 Å². The molecule has 0 saturated carbocycles. The summed E-state index contributed by atoms with van der Waals surface area (Å²) in [5, 5.41) is 5.19. The quantitative estimate of drug-likeness (QED) is 0.395. The SMILES string of the molecule is COc1cc(C(=O)Nc2nc(-c3ccc(F)cc3)c(C)s2)ccc1OCc1cscn1. The molecule has 4 rings (SSSR count). The molecule has 0 aliphatic rings. The second kappa shape index (κ2) is 9.23. The van der Waals surface area contributed by atoms with E-state index in [1.165, 1.54) is 41.9 Å². The van der Waals surface area contributed by atoms with Gasteiger partial charge < -0.3 is 9.47 Å². The molecular formula is C22H18FN3O3S2. The molecule has 9 heteroatoms. The van der Waals surface area contributed by atoms with Gasteiger partial charge in [0.2, 0.25) is 0 Å². The molecule has 158 valence electrons. The van der Waals surface area contributed by atoms with Crippen molar-refractivity contribution in [1.29, 1.82) is 0 Å². The number of hydrogen-bond acceptors (Lipinski definition) is 7. The lowest BCUT2D eigenvalue weighted by atomic mass is 10.1. The first-order valence-electron chi connectivity index (χ1n) is 9.26. The number of carbonyl (C=O) groups excluding carboxylic acids is 1. The highest BCUT2D eigenvalue weighted by Crippen LogP contribution is 2.32. The van der Waals surface area contributed by atoms with Crippen LogP contribution >= 0.6 is 22.7 Å². The normalized spacial score (nSPS) is 10.7. The molecule has 0 saturated heterocycles. The summed E-state index contributed by atoms with van der Waals surface area (Å²) in [5.41, 5.74) is 4.48. The largest absolute Gasteiger partial charge is 0.493 e. The van der Waals surface area contributed by atoms with Gasteiger partial charge in [0.15, 0.2) is 16.6 Å². The molecule has 0 bridgehead atoms. The van der Waals surface area contributed by atoms with E-state index in [1.807, 2.05) is 12.3 Å². The number of thiazole rings is 2. The number of nitrogens with zero attached hydrogens (tertiary/aromatic N) is 2. The molecule has 2 aromatic carbocycles. The number of amides is 1. The summed E-state index contributed by atoms with van der Waals surface area (Å²) < 4.78 is 24.3. The first-order valence-corrected chi connectivity index (χ1v) is 11.0. The zero-order valence-corrected chi connectivity index (χ0v) is 18.3. The molecule has 0 fully saturated rings. The maximum atomic E-state index is 13.2. The van der Waals surface area contributed by atoms with Crippen molar-refractivity contribution in [2.75, 3.05) is 12.4 Å². The first-order chi connectivity index (χ1) is 15.0. The number of ether oxygens (including phenoxy) is 2. The summed E-state index contributed by atoms with van der Waals surface area (Å²) >= 11 is 2.85. The van der Waals surface area contributed by atoms with Crippen molar-refractivity contribution in [2.24, 2.45) is 0 Å². The Morgan fingerprint density at radius 3 is 2.68 bits per heavy atom. The monoisotopic (exact) mass is 455 g/mol. The van der Waals surface area contributed by atoms with Crippen molar-refractivity contribution in [3.8, 4) is 22.8 Å². The number of benzene rings is 2. The summed E-state index contributed by atoms with van der Waals surface area (Å²) in [6, 6.07) is 11.1. The summed E-state index contributed by atoms with van der Waals surface area (Å²) in [4.78, 5) is 22.3. The van der Waals surface area contributed by atoms with Gasteiger partial charge in [0.05, 0.1) is 24.0 Å². The number of aryl methyl sites for hydroxylation is 1. The van der Waals surface area contributed by atoms with Gasteiger partial charge in [-0.2, -0.15) is 0 Å². The minimum atomic E-state index is -0.316. The third-order valence-corrected chi connectivity index (χ3v) is 5.94. The molecular weight excluding hydrogens is 437 g/mol. The molecule has 2 aromatic heterocycles. The van der Waals surface area contributed by atoms with Crippen LogP contribution in [0, 0.1) is 12.7 Å². The van der Waals surface area contributed by atoms with E-state index < -0.39 is 0 Å². The molecule has 0 atom stereocenters. The molecule has 2 heterocycles. The number of carbonyl (C=O) groups is 1. The Morgan fingerprint density at radius 1 is 1.16 bits per heavy atom. The van der Waals surface area contributed by atoms with Crippen LogP contribution < -0.4 is 14.8 Å². The van der Waals surface area contributed by atoms with E-state index in [4.69, 9.17) is 9.47 Å². The topological polar surface area (TPSA) is 73.3 Å².